The van der Waals surface area contributed by atoms with E-state index in [-0.39, 0.29) is 4.90 Å². The van der Waals surface area contributed by atoms with Crippen molar-refractivity contribution < 1.29 is 12.8 Å². The van der Waals surface area contributed by atoms with Crippen LogP contribution in [0.1, 0.15) is 20.3 Å². The van der Waals surface area contributed by atoms with Crippen LogP contribution in [0, 0.1) is 5.82 Å². The molecule has 0 radical (unpaired) electrons. The molecule has 2 nitrogen and oxygen atoms in total. The average Bonchev–Trinajstić information content (AvgIpc) is 2.17. The Morgan fingerprint density at radius 2 is 1.93 bits per heavy atom. The van der Waals surface area contributed by atoms with Crippen LogP contribution in [0.4, 0.5) is 4.39 Å². The van der Waals surface area contributed by atoms with Crippen LogP contribution in [0.25, 0.3) is 0 Å². The van der Waals surface area contributed by atoms with Crippen molar-refractivity contribution in [2.24, 2.45) is 0 Å². The Bertz CT molecular complexity index is 412. The van der Waals surface area contributed by atoms with Gasteiger partial charge in [0.25, 0.3) is 0 Å². The van der Waals surface area contributed by atoms with E-state index in [2.05, 4.69) is 0 Å². The molecular formula is C10H13FO2S. The molecule has 0 heterocycles. The molecule has 1 unspecified atom stereocenters. The van der Waals surface area contributed by atoms with Crippen molar-refractivity contribution in [3.63, 3.8) is 0 Å². The predicted octanol–water partition coefficient (Wildman–Crippen LogP) is 2.40. The van der Waals surface area contributed by atoms with Crippen molar-refractivity contribution in [3.8, 4) is 0 Å². The van der Waals surface area contributed by atoms with E-state index >= 15 is 0 Å². The molecule has 1 rings (SSSR count). The van der Waals surface area contributed by atoms with Crippen molar-refractivity contribution >= 4 is 9.84 Å². The number of rotatable bonds is 3. The van der Waals surface area contributed by atoms with Crippen LogP contribution in [-0.4, -0.2) is 13.7 Å². The van der Waals surface area contributed by atoms with E-state index in [1.165, 1.54) is 18.2 Å². The fourth-order valence-electron chi connectivity index (χ4n) is 1.11. The van der Waals surface area contributed by atoms with Gasteiger partial charge in [0.15, 0.2) is 9.84 Å². The minimum Gasteiger partial charge on any atom is -0.223 e. The molecule has 0 saturated carbocycles. The summed E-state index contributed by atoms with van der Waals surface area (Å²) in [6.07, 6.45) is 0.483. The van der Waals surface area contributed by atoms with Crippen molar-refractivity contribution in [2.45, 2.75) is 30.4 Å². The number of sulfone groups is 1. The molecule has 1 atom stereocenters. The normalized spacial score (nSPS) is 13.9. The summed E-state index contributed by atoms with van der Waals surface area (Å²) in [5.74, 6) is -0.673. The predicted molar refractivity (Wildman–Crippen MR) is 53.3 cm³/mol. The molecule has 4 heteroatoms. The molecule has 0 spiro atoms. The first-order chi connectivity index (χ1) is 6.50. The van der Waals surface area contributed by atoms with Gasteiger partial charge in [-0.15, -0.1) is 0 Å². The van der Waals surface area contributed by atoms with Crippen LogP contribution in [0.5, 0.6) is 0 Å². The molecule has 1 aromatic rings. The Morgan fingerprint density at radius 3 is 2.43 bits per heavy atom. The van der Waals surface area contributed by atoms with Gasteiger partial charge in [-0.3, -0.25) is 0 Å². The summed E-state index contributed by atoms with van der Waals surface area (Å²) in [5, 5.41) is -0.542. The quantitative estimate of drug-likeness (QED) is 0.777. The number of halogens is 1. The molecule has 0 aliphatic heterocycles. The molecule has 0 amide bonds. The number of hydrogen-bond donors (Lipinski definition) is 0. The van der Waals surface area contributed by atoms with Crippen molar-refractivity contribution in [1.82, 2.24) is 0 Å². The van der Waals surface area contributed by atoms with E-state index in [4.69, 9.17) is 0 Å². The monoisotopic (exact) mass is 216 g/mol. The first-order valence-corrected chi connectivity index (χ1v) is 6.03. The third-order valence-corrected chi connectivity index (χ3v) is 4.58. The maximum absolute atomic E-state index is 13.2. The Hall–Kier alpha value is -0.900. The van der Waals surface area contributed by atoms with Crippen LogP contribution in [0.2, 0.25) is 0 Å². The van der Waals surface area contributed by atoms with Gasteiger partial charge >= 0.3 is 0 Å². The van der Waals surface area contributed by atoms with E-state index < -0.39 is 20.9 Å². The smallest absolute Gasteiger partial charge is 0.183 e. The maximum Gasteiger partial charge on any atom is 0.183 e. The van der Waals surface area contributed by atoms with E-state index in [0.717, 1.165) is 6.07 Å². The van der Waals surface area contributed by atoms with Gasteiger partial charge in [0.1, 0.15) is 10.7 Å². The first-order valence-electron chi connectivity index (χ1n) is 4.48. The highest BCUT2D eigenvalue weighted by Crippen LogP contribution is 2.20. The topological polar surface area (TPSA) is 34.1 Å². The van der Waals surface area contributed by atoms with E-state index in [0.29, 0.717) is 6.42 Å². The lowest BCUT2D eigenvalue weighted by Gasteiger charge is -2.10. The summed E-state index contributed by atoms with van der Waals surface area (Å²) in [6.45, 7) is 3.35. The van der Waals surface area contributed by atoms with Gasteiger partial charge in [0, 0.05) is 0 Å². The summed E-state index contributed by atoms with van der Waals surface area (Å²) in [7, 11) is -3.49. The van der Waals surface area contributed by atoms with Gasteiger partial charge in [-0.1, -0.05) is 19.1 Å². The minimum atomic E-state index is -3.49. The molecule has 0 aliphatic carbocycles. The molecule has 0 bridgehead atoms. The molecule has 0 aliphatic rings. The first kappa shape index (κ1) is 11.2. The third-order valence-electron chi connectivity index (χ3n) is 2.25. The highest BCUT2D eigenvalue weighted by Gasteiger charge is 2.24. The third kappa shape index (κ3) is 1.95. The standard InChI is InChI=1S/C10H13FO2S/c1-3-8(2)14(12,13)10-7-5-4-6-9(10)11/h4-8H,3H2,1-2H3. The highest BCUT2D eigenvalue weighted by atomic mass is 32.2. The van der Waals surface area contributed by atoms with Crippen LogP contribution in [0.3, 0.4) is 0 Å². The van der Waals surface area contributed by atoms with E-state index in [9.17, 15) is 12.8 Å². The molecular weight excluding hydrogens is 203 g/mol. The van der Waals surface area contributed by atoms with Crippen LogP contribution in [0.15, 0.2) is 29.2 Å². The van der Waals surface area contributed by atoms with Gasteiger partial charge < -0.3 is 0 Å². The SMILES string of the molecule is CCC(C)S(=O)(=O)c1ccccc1F. The molecule has 0 aromatic heterocycles. The lowest BCUT2D eigenvalue weighted by atomic mass is 10.3. The Balaban J connectivity index is 3.24. The summed E-state index contributed by atoms with van der Waals surface area (Å²) in [6, 6.07) is 5.47. The zero-order valence-corrected chi connectivity index (χ0v) is 9.01. The fourth-order valence-corrected chi connectivity index (χ4v) is 2.59. The van der Waals surface area contributed by atoms with Gasteiger partial charge in [-0.2, -0.15) is 0 Å². The Morgan fingerprint density at radius 1 is 1.36 bits per heavy atom. The van der Waals surface area contributed by atoms with Crippen LogP contribution in [-0.2, 0) is 9.84 Å². The summed E-state index contributed by atoms with van der Waals surface area (Å²) in [5.41, 5.74) is 0. The second-order valence-electron chi connectivity index (χ2n) is 3.19. The van der Waals surface area contributed by atoms with Crippen molar-refractivity contribution in [3.05, 3.63) is 30.1 Å². The molecule has 1 aromatic carbocycles. The molecule has 0 N–H and O–H groups in total. The van der Waals surface area contributed by atoms with Gasteiger partial charge in [0.2, 0.25) is 0 Å². The van der Waals surface area contributed by atoms with E-state index in [1.807, 2.05) is 0 Å². The second-order valence-corrected chi connectivity index (χ2v) is 5.53. The van der Waals surface area contributed by atoms with E-state index in [1.54, 1.807) is 13.8 Å². The average molecular weight is 216 g/mol. The van der Waals surface area contributed by atoms with Gasteiger partial charge in [0.05, 0.1) is 5.25 Å². The van der Waals surface area contributed by atoms with Gasteiger partial charge in [-0.05, 0) is 25.5 Å². The number of benzene rings is 1. The summed E-state index contributed by atoms with van der Waals surface area (Å²) >= 11 is 0. The van der Waals surface area contributed by atoms with Gasteiger partial charge in [-0.25, -0.2) is 12.8 Å². The Kier molecular flexibility index (Phi) is 3.26. The zero-order valence-electron chi connectivity index (χ0n) is 8.20. The largest absolute Gasteiger partial charge is 0.223 e. The number of hydrogen-bond acceptors (Lipinski definition) is 2. The summed E-state index contributed by atoms with van der Waals surface area (Å²) < 4.78 is 36.7. The Labute approximate surface area is 83.7 Å². The van der Waals surface area contributed by atoms with Crippen LogP contribution >= 0.6 is 0 Å². The van der Waals surface area contributed by atoms with Crippen molar-refractivity contribution in [2.75, 3.05) is 0 Å². The fraction of sp³-hybridized carbons (Fsp3) is 0.400. The lowest BCUT2D eigenvalue weighted by Crippen LogP contribution is -2.18. The van der Waals surface area contributed by atoms with Crippen LogP contribution < -0.4 is 0 Å². The molecule has 78 valence electrons. The minimum absolute atomic E-state index is 0.200. The highest BCUT2D eigenvalue weighted by molar-refractivity contribution is 7.92. The zero-order chi connectivity index (χ0) is 10.8. The maximum atomic E-state index is 13.2. The molecule has 14 heavy (non-hydrogen) atoms. The molecule has 0 fully saturated rings. The lowest BCUT2D eigenvalue weighted by molar-refractivity contribution is 0.557. The molecule has 0 saturated heterocycles. The van der Waals surface area contributed by atoms with Crippen molar-refractivity contribution in [1.29, 1.82) is 0 Å². The second kappa shape index (κ2) is 4.09. The summed E-state index contributed by atoms with van der Waals surface area (Å²) in [4.78, 5) is -0.200.